The number of azide groups is 3. The first-order valence-corrected chi connectivity index (χ1v) is 59.3. The molecular weight excluding hydrogens is 2070 g/mol. The number of hydrogen-bond donors (Lipinski definition) is 2. The Morgan fingerprint density at radius 3 is 1.15 bits per heavy atom. The zero-order valence-corrected chi connectivity index (χ0v) is 91.9. The van der Waals surface area contributed by atoms with Gasteiger partial charge in [-0.15, -0.1) is 0 Å². The molecule has 0 amide bonds. The maximum absolute atomic E-state index is 15.6. The molecular formula is C104H137Br2N9O28Si3. The lowest BCUT2D eigenvalue weighted by molar-refractivity contribution is -0.383. The van der Waals surface area contributed by atoms with Crippen LogP contribution in [0.1, 0.15) is 134 Å². The van der Waals surface area contributed by atoms with E-state index in [1.165, 1.54) is 33.1 Å². The lowest BCUT2D eigenvalue weighted by Gasteiger charge is -2.52. The van der Waals surface area contributed by atoms with Crippen molar-refractivity contribution in [1.82, 2.24) is 0 Å². The van der Waals surface area contributed by atoms with E-state index in [0.29, 0.717) is 15.6 Å². The van der Waals surface area contributed by atoms with Crippen LogP contribution in [0.5, 0.6) is 5.75 Å². The lowest BCUT2D eigenvalue weighted by atomic mass is 9.93. The summed E-state index contributed by atoms with van der Waals surface area (Å²) < 4.78 is 149. The maximum atomic E-state index is 15.6. The summed E-state index contributed by atoms with van der Waals surface area (Å²) in [7, 11) is -7.18. The van der Waals surface area contributed by atoms with Gasteiger partial charge in [0.15, 0.2) is 68.6 Å². The van der Waals surface area contributed by atoms with Crippen molar-refractivity contribution >= 4 is 97.1 Å². The summed E-state index contributed by atoms with van der Waals surface area (Å²) in [5.74, 6) is -3.56. The minimum absolute atomic E-state index is 0.00604. The number of benzene rings is 7. The Morgan fingerprint density at radius 1 is 0.370 bits per heavy atom. The van der Waals surface area contributed by atoms with Crippen LogP contribution in [-0.2, 0) is 139 Å². The fourth-order valence-electron chi connectivity index (χ4n) is 16.6. The standard InChI is InChI=1S/C104H137Br2N9O28Si3/c1-62(118)38-50-79(120)137-91-83(112-115-109)99(141-85-74(53-116)132-100(94(138-80(121)51-39-63(2)119)92(85)126-55-64-30-22-19-23-31-64)142-87-77(60-129-145(15,16)103(6,7)8)134-97(123-12)82(111-114-108)90(87)131-73-48-46-72(106)47-49-73)136-78(61-130-146(17,18)104(9,10)11)88(91)143-101-95(139-96(122)69-35-26-21-27-36-69)93(127-56-65-32-24-20-25-33-65)86(75(54-117)133-101)140-98-81(110-113-107)89(125-57-66-41-44-71(105)45-42-66)84(76(135-98)59-128-144(13,14)102(3,4)5)124-58-67-40-43-68-34-28-29-37-70(68)52-67/h19-37,40-49,52,74-78,81-95,97-101,116-117H,38-39,50-51,53-61H2,1-18H3/t74-,75-,76-,77-,78-,81-,82-,83-,84-,85-,86-,87-,88-,89-,90-,91-,92+,93+,94-,95-,97+,98-,99-,100+,101+/m1/s1. The smallest absolute Gasteiger partial charge is 0.338 e. The molecule has 7 aromatic rings. The molecule has 5 fully saturated rings. The number of carbonyl (C=O) groups is 5. The van der Waals surface area contributed by atoms with Gasteiger partial charge >= 0.3 is 17.9 Å². The third-order valence-electron chi connectivity index (χ3n) is 28.0. The third kappa shape index (κ3) is 30.8. The van der Waals surface area contributed by atoms with Gasteiger partial charge in [-0.2, -0.15) is 0 Å². The molecule has 5 aliphatic heterocycles. The van der Waals surface area contributed by atoms with Gasteiger partial charge in [0.25, 0.3) is 0 Å². The number of Topliss-reactive ketones (excluding diaryl/α,β-unsaturated/α-hetero) is 2. The zero-order chi connectivity index (χ0) is 106. The number of nitrogens with zero attached hydrogens (tertiary/aromatic N) is 9. The number of fused-ring (bicyclic) bond motifs is 1. The van der Waals surface area contributed by atoms with Crippen LogP contribution in [0.4, 0.5) is 0 Å². The van der Waals surface area contributed by atoms with E-state index >= 15 is 9.59 Å². The number of ether oxygens (including phenoxy) is 18. The first kappa shape index (κ1) is 116. The average Bonchev–Trinajstić information content (AvgIpc) is 0.750. The molecule has 5 saturated heterocycles. The highest BCUT2D eigenvalue weighted by molar-refractivity contribution is 9.10. The van der Waals surface area contributed by atoms with E-state index in [4.69, 9.17) is 98.5 Å². The molecule has 0 spiro atoms. The molecule has 792 valence electrons. The largest absolute Gasteiger partial charge is 0.487 e. The normalized spacial score (nSPS) is 27.9. The highest BCUT2D eigenvalue weighted by atomic mass is 79.9. The molecule has 0 unspecified atom stereocenters. The van der Waals surface area contributed by atoms with E-state index in [9.17, 15) is 41.2 Å². The first-order valence-electron chi connectivity index (χ1n) is 49.0. The summed E-state index contributed by atoms with van der Waals surface area (Å²) >= 11 is 7.08. The minimum Gasteiger partial charge on any atom is -0.487 e. The van der Waals surface area contributed by atoms with Crippen LogP contribution in [0.3, 0.4) is 0 Å². The molecule has 0 radical (unpaired) electrons. The van der Waals surface area contributed by atoms with Crippen molar-refractivity contribution in [2.75, 3.05) is 40.1 Å². The number of methoxy groups -OCH3 is 1. The first-order chi connectivity index (χ1) is 69.4. The number of rotatable bonds is 47. The van der Waals surface area contributed by atoms with Crippen molar-refractivity contribution in [1.29, 1.82) is 0 Å². The van der Waals surface area contributed by atoms with Crippen molar-refractivity contribution in [2.24, 2.45) is 15.3 Å². The van der Waals surface area contributed by atoms with Gasteiger partial charge in [0.2, 0.25) is 0 Å². The Bertz CT molecular complexity index is 5570. The molecule has 5 heterocycles. The number of hydrogen-bond acceptors (Lipinski definition) is 31. The molecule has 37 nitrogen and oxygen atoms in total. The summed E-state index contributed by atoms with van der Waals surface area (Å²) in [5.41, 5.74) is 35.4. The van der Waals surface area contributed by atoms with Crippen molar-refractivity contribution in [2.45, 2.75) is 336 Å². The summed E-state index contributed by atoms with van der Waals surface area (Å²) in [6.45, 7) is 29.7. The van der Waals surface area contributed by atoms with Crippen molar-refractivity contribution in [3.05, 3.63) is 250 Å². The number of esters is 3. The Morgan fingerprint density at radius 2 is 0.712 bits per heavy atom. The van der Waals surface area contributed by atoms with Gasteiger partial charge in [0, 0.05) is 43.6 Å². The van der Waals surface area contributed by atoms with Crippen LogP contribution in [0.15, 0.2) is 206 Å². The number of aliphatic hydroxyl groups is 2. The topological polar surface area (TPSA) is 466 Å². The van der Waals surface area contributed by atoms with Gasteiger partial charge in [-0.25, -0.2) is 4.79 Å². The van der Waals surface area contributed by atoms with Crippen LogP contribution in [0, 0.1) is 0 Å². The van der Waals surface area contributed by atoms with E-state index in [1.807, 2.05) is 134 Å². The molecule has 146 heavy (non-hydrogen) atoms. The van der Waals surface area contributed by atoms with E-state index in [2.05, 4.69) is 95.8 Å². The second-order valence-electron chi connectivity index (χ2n) is 41.5. The highest BCUT2D eigenvalue weighted by Gasteiger charge is 2.62. The molecule has 42 heteroatoms. The molecule has 5 aliphatic rings. The van der Waals surface area contributed by atoms with Gasteiger partial charge in [-0.05, 0) is 172 Å². The van der Waals surface area contributed by atoms with Crippen molar-refractivity contribution < 1.29 is 133 Å². The molecule has 7 aromatic carbocycles. The van der Waals surface area contributed by atoms with Crippen LogP contribution in [-0.4, -0.2) is 258 Å². The fourth-order valence-corrected chi connectivity index (χ4v) is 20.2. The summed E-state index contributed by atoms with van der Waals surface area (Å²) in [6, 6.07) is 48.9. The predicted octanol–water partition coefficient (Wildman–Crippen LogP) is 19.1. The fraction of sp³-hybridized carbons (Fsp3) is 0.567. The summed E-state index contributed by atoms with van der Waals surface area (Å²) in [5, 5.41) is 38.4. The zero-order valence-electron chi connectivity index (χ0n) is 85.7. The van der Waals surface area contributed by atoms with E-state index < -0.39 is 240 Å². The molecule has 0 aliphatic carbocycles. The van der Waals surface area contributed by atoms with Gasteiger partial charge in [0.05, 0.1) is 77.9 Å². The summed E-state index contributed by atoms with van der Waals surface area (Å²) in [4.78, 5) is 81.8. The molecule has 0 bridgehead atoms. The van der Waals surface area contributed by atoms with E-state index in [1.54, 1.807) is 103 Å². The molecule has 0 saturated carbocycles. The Hall–Kier alpha value is -8.87. The number of aliphatic hydroxyl groups excluding tert-OH is 2. The predicted molar refractivity (Wildman–Crippen MR) is 551 cm³/mol. The van der Waals surface area contributed by atoms with Crippen molar-refractivity contribution in [3.63, 3.8) is 0 Å². The van der Waals surface area contributed by atoms with E-state index in [-0.39, 0.29) is 79.7 Å². The Kier molecular flexibility index (Phi) is 41.8. The molecule has 25 atom stereocenters. The molecule has 12 rings (SSSR count). The van der Waals surface area contributed by atoms with Crippen molar-refractivity contribution in [3.8, 4) is 5.75 Å². The number of halogens is 2. The second-order valence-corrected chi connectivity index (χ2v) is 57.7. The third-order valence-corrected chi connectivity index (χ3v) is 42.6. The highest BCUT2D eigenvalue weighted by Crippen LogP contribution is 2.47. The Balaban J connectivity index is 1.01. The van der Waals surface area contributed by atoms with Gasteiger partial charge in [0.1, 0.15) is 127 Å². The van der Waals surface area contributed by atoms with E-state index in [0.717, 1.165) is 26.4 Å². The monoisotopic (exact) mass is 2200 g/mol. The number of carbonyl (C=O) groups excluding carboxylic acids is 5. The average molecular weight is 2210 g/mol. The summed E-state index contributed by atoms with van der Waals surface area (Å²) in [6.07, 6.45) is -38.0. The van der Waals surface area contributed by atoms with Gasteiger partial charge in [-0.3, -0.25) is 9.59 Å². The molecule has 0 aromatic heterocycles. The maximum Gasteiger partial charge on any atom is 0.338 e. The second kappa shape index (κ2) is 52.7. The van der Waals surface area contributed by atoms with Crippen LogP contribution in [0.25, 0.3) is 42.1 Å². The number of ketones is 2. The quantitative estimate of drug-likeness (QED) is 0.00893. The minimum atomic E-state index is -3.09. The SMILES string of the molecule is CO[C@H]1O[C@H](CO[Si](C)(C)C(C)(C)C)[C@@H](O[C@@H]2O[C@H](CO)[C@@H](O[C@H]3O[C@H](CO[Si](C)(C)C(C)(C)C)[C@@H](O[C@@H]4O[C@H](CO)[C@@H](O[C@H]5O[C@H](CO[Si](C)(C)C(C)(C)C)[C@@H](OCc6ccc7ccccc7c6)[C@H](OCc6ccc(Br)cc6)[C@H]5N=[N+]=[N-])[C@H](OCc5ccccc5)[C@H]4OC(=O)c4ccccc4)[C@H](OC(=O)CCC(C)=O)[C@H]3N=[N+]=[N-])[C@H](OCc3ccccc3)[C@H]2OC(=O)CCC(C)=O)[C@H](Oc2ccc(Br)cc2)[C@H]1N=[N+]=[N-]. The molecule has 2 N–H and O–H groups in total. The van der Waals surface area contributed by atoms with Crippen LogP contribution >= 0.6 is 31.9 Å². The lowest BCUT2D eigenvalue weighted by Crippen LogP contribution is -2.69. The van der Waals surface area contributed by atoms with Crippen LogP contribution in [0.2, 0.25) is 54.4 Å². The Labute approximate surface area is 871 Å². The van der Waals surface area contributed by atoms with Crippen LogP contribution < -0.4 is 4.74 Å². The van der Waals surface area contributed by atoms with Gasteiger partial charge < -0.3 is 118 Å². The van der Waals surface area contributed by atoms with Gasteiger partial charge in [-0.1, -0.05) is 237 Å².